The van der Waals surface area contributed by atoms with Crippen molar-refractivity contribution in [3.8, 4) is 33.6 Å². The largest absolute Gasteiger partial charge is 0.500 e. The maximum absolute atomic E-state index is 6.50. The van der Waals surface area contributed by atoms with E-state index >= 15 is 0 Å². The minimum atomic E-state index is -1.27. The first-order chi connectivity index (χ1) is 22.6. The van der Waals surface area contributed by atoms with E-state index in [9.17, 15) is 0 Å². The fourth-order valence-electron chi connectivity index (χ4n) is 6.09. The third-order valence-electron chi connectivity index (χ3n) is 9.01. The predicted molar refractivity (Wildman–Crippen MR) is 201 cm³/mol. The van der Waals surface area contributed by atoms with Crippen molar-refractivity contribution >= 4 is 35.2 Å². The molecule has 48 heavy (non-hydrogen) atoms. The summed E-state index contributed by atoms with van der Waals surface area (Å²) >= 11 is 0. The van der Waals surface area contributed by atoms with Crippen molar-refractivity contribution in [2.75, 3.05) is 0 Å². The third-order valence-corrected chi connectivity index (χ3v) is 11.2. The van der Waals surface area contributed by atoms with Gasteiger partial charge in [0.25, 0.3) is 0 Å². The minimum Gasteiger partial charge on any atom is -0.500 e. The van der Waals surface area contributed by atoms with Crippen molar-refractivity contribution < 1.29 is 24.5 Å². The van der Waals surface area contributed by atoms with E-state index < -0.39 is 8.07 Å². The summed E-state index contributed by atoms with van der Waals surface area (Å²) in [6.07, 6.45) is 3.95. The third kappa shape index (κ3) is 7.44. The molecule has 3 aromatic heterocycles. The molecule has 5 heteroatoms. The van der Waals surface area contributed by atoms with Crippen LogP contribution in [0.5, 0.6) is 0 Å². The summed E-state index contributed by atoms with van der Waals surface area (Å²) in [5.41, 5.74) is 10.6. The van der Waals surface area contributed by atoms with Crippen LogP contribution in [0.2, 0.25) is 19.6 Å². The zero-order valence-electron chi connectivity index (χ0n) is 28.8. The number of hydrogen-bond acceptors (Lipinski definition) is 3. The van der Waals surface area contributed by atoms with Crippen molar-refractivity contribution in [3.05, 3.63) is 139 Å². The Balaban J connectivity index is 0.000000214. The van der Waals surface area contributed by atoms with E-state index in [1.165, 1.54) is 16.3 Å². The SMILES string of the molecule is CC(C)C(C)c1ccnc(-c2[c-]ccc3c2oc2c(-c4ccccc4)cccc23)c1.Cc1cc(-c2[c-]cccc2)ncc1[Si](C)(C)C.[Ir]. The summed E-state index contributed by atoms with van der Waals surface area (Å²) < 4.78 is 6.50. The smallest absolute Gasteiger partial charge is 0.128 e. The van der Waals surface area contributed by atoms with Gasteiger partial charge in [-0.1, -0.05) is 123 Å². The second-order valence-electron chi connectivity index (χ2n) is 13.7. The van der Waals surface area contributed by atoms with E-state index in [2.05, 4.69) is 148 Å². The van der Waals surface area contributed by atoms with Crippen molar-refractivity contribution in [1.82, 2.24) is 9.97 Å². The molecule has 245 valence electrons. The molecule has 0 bridgehead atoms. The topological polar surface area (TPSA) is 38.9 Å². The van der Waals surface area contributed by atoms with Crippen LogP contribution in [-0.4, -0.2) is 18.0 Å². The normalized spacial score (nSPS) is 12.0. The number of furan rings is 1. The van der Waals surface area contributed by atoms with Gasteiger partial charge in [0.05, 0.1) is 13.7 Å². The fourth-order valence-corrected chi connectivity index (χ4v) is 7.80. The van der Waals surface area contributed by atoms with Crippen LogP contribution in [0.25, 0.3) is 55.6 Å². The Kier molecular flexibility index (Phi) is 10.9. The van der Waals surface area contributed by atoms with Crippen LogP contribution in [0.4, 0.5) is 0 Å². The summed E-state index contributed by atoms with van der Waals surface area (Å²) in [5, 5.41) is 3.66. The van der Waals surface area contributed by atoms with Crippen LogP contribution in [0.15, 0.2) is 120 Å². The number of hydrogen-bond donors (Lipinski definition) is 0. The molecule has 0 saturated heterocycles. The summed E-state index contributed by atoms with van der Waals surface area (Å²) in [5.74, 6) is 1.03. The van der Waals surface area contributed by atoms with Crippen molar-refractivity contribution in [2.45, 2.75) is 53.3 Å². The van der Waals surface area contributed by atoms with Gasteiger partial charge in [-0.15, -0.1) is 54.1 Å². The number of nitrogens with zero attached hydrogens (tertiary/aromatic N) is 2. The summed E-state index contributed by atoms with van der Waals surface area (Å²) in [6.45, 7) is 16.0. The van der Waals surface area contributed by atoms with Gasteiger partial charge in [0.1, 0.15) is 5.58 Å². The molecule has 0 aliphatic heterocycles. The van der Waals surface area contributed by atoms with E-state index in [0.29, 0.717) is 11.8 Å². The van der Waals surface area contributed by atoms with Gasteiger partial charge >= 0.3 is 0 Å². The molecule has 0 aliphatic carbocycles. The molecule has 1 unspecified atom stereocenters. The van der Waals surface area contributed by atoms with Gasteiger partial charge in [0.15, 0.2) is 0 Å². The first kappa shape index (κ1) is 35.2. The molecule has 7 rings (SSSR count). The Hall–Kier alpha value is -4.15. The van der Waals surface area contributed by atoms with Crippen LogP contribution in [-0.2, 0) is 20.1 Å². The van der Waals surface area contributed by atoms with Gasteiger partial charge in [0.2, 0.25) is 0 Å². The monoisotopic (exact) mass is 823 g/mol. The van der Waals surface area contributed by atoms with Gasteiger partial charge in [0, 0.05) is 43.4 Å². The van der Waals surface area contributed by atoms with E-state index in [1.807, 2.05) is 36.5 Å². The van der Waals surface area contributed by atoms with E-state index in [0.717, 1.165) is 55.6 Å². The van der Waals surface area contributed by atoms with Crippen molar-refractivity contribution in [2.24, 2.45) is 5.92 Å². The second kappa shape index (κ2) is 14.9. The Labute approximate surface area is 299 Å². The maximum atomic E-state index is 6.50. The van der Waals surface area contributed by atoms with Crippen LogP contribution in [0.3, 0.4) is 0 Å². The van der Waals surface area contributed by atoms with Gasteiger partial charge in [-0.3, -0.25) is 0 Å². The van der Waals surface area contributed by atoms with Crippen LogP contribution >= 0.6 is 0 Å². The predicted octanol–water partition coefficient (Wildman–Crippen LogP) is 11.3. The summed E-state index contributed by atoms with van der Waals surface area (Å²) in [7, 11) is -1.27. The maximum Gasteiger partial charge on any atom is 0.128 e. The molecule has 1 radical (unpaired) electrons. The summed E-state index contributed by atoms with van der Waals surface area (Å²) in [6, 6.07) is 41.8. The number of aryl methyl sites for hydroxylation is 1. The molecule has 4 aromatic carbocycles. The Bertz CT molecular complexity index is 2130. The number of rotatable bonds is 6. The minimum absolute atomic E-state index is 0. The zero-order valence-corrected chi connectivity index (χ0v) is 32.2. The average Bonchev–Trinajstić information content (AvgIpc) is 3.48. The molecule has 7 aromatic rings. The molecule has 0 spiro atoms. The number of aromatic nitrogens is 2. The molecule has 3 heterocycles. The Morgan fingerprint density at radius 3 is 2.15 bits per heavy atom. The van der Waals surface area contributed by atoms with Gasteiger partial charge in [-0.25, -0.2) is 0 Å². The number of benzene rings is 4. The Morgan fingerprint density at radius 1 is 0.708 bits per heavy atom. The van der Waals surface area contributed by atoms with E-state index in [1.54, 1.807) is 0 Å². The van der Waals surface area contributed by atoms with Crippen LogP contribution in [0, 0.1) is 25.0 Å². The molecule has 0 aliphatic rings. The van der Waals surface area contributed by atoms with Gasteiger partial charge < -0.3 is 14.4 Å². The molecule has 0 N–H and O–H groups in total. The van der Waals surface area contributed by atoms with Gasteiger partial charge in [-0.2, -0.15) is 0 Å². The van der Waals surface area contributed by atoms with Gasteiger partial charge in [-0.05, 0) is 47.0 Å². The van der Waals surface area contributed by atoms with Crippen LogP contribution < -0.4 is 5.19 Å². The van der Waals surface area contributed by atoms with Crippen molar-refractivity contribution in [1.29, 1.82) is 0 Å². The first-order valence-electron chi connectivity index (χ1n) is 16.4. The molecular weight excluding hydrogens is 781 g/mol. The second-order valence-corrected chi connectivity index (χ2v) is 18.7. The molecule has 0 amide bonds. The zero-order chi connectivity index (χ0) is 33.1. The Morgan fingerprint density at radius 2 is 1.46 bits per heavy atom. The molecule has 0 fully saturated rings. The molecule has 0 saturated carbocycles. The quantitative estimate of drug-likeness (QED) is 0.124. The first-order valence-corrected chi connectivity index (χ1v) is 19.9. The number of para-hydroxylation sites is 1. The molecular formula is C43H42IrN2OSi-2. The average molecular weight is 823 g/mol. The molecule has 1 atom stereocenters. The molecule has 3 nitrogen and oxygen atoms in total. The van der Waals surface area contributed by atoms with E-state index in [-0.39, 0.29) is 20.1 Å². The standard InChI is InChI=1S/C28H24NO.C15H18NSi.Ir/c1-18(2)19(3)21-15-16-29-26(17-21)25-14-8-13-24-23-12-7-11-22(27(23)30-28(24)25)20-9-5-4-6-10-20;1-12-10-14(13-8-6-5-7-9-13)16-11-15(12)17(2,3)4;/h4-13,15-19H,1-3H3;5-8,10-11H,1-4H3;/q2*-1;. The van der Waals surface area contributed by atoms with Crippen molar-refractivity contribution in [3.63, 3.8) is 0 Å². The number of pyridine rings is 2. The number of fused-ring (bicyclic) bond motifs is 3. The summed E-state index contributed by atoms with van der Waals surface area (Å²) in [4.78, 5) is 9.24. The van der Waals surface area contributed by atoms with E-state index in [4.69, 9.17) is 4.42 Å². The van der Waals surface area contributed by atoms with Crippen LogP contribution in [0.1, 0.15) is 37.8 Å². The fraction of sp³-hybridized carbons (Fsp3) is 0.209.